The SMILES string of the molecule is CC[C@@H](C)c1ccccc1NC(=O)COC(=O)/C=C/c1ccco1. The van der Waals surface area contributed by atoms with E-state index in [4.69, 9.17) is 9.15 Å². The molecule has 2 rings (SSSR count). The summed E-state index contributed by atoms with van der Waals surface area (Å²) in [5.74, 6) is -0.0959. The van der Waals surface area contributed by atoms with E-state index < -0.39 is 5.97 Å². The van der Waals surface area contributed by atoms with E-state index >= 15 is 0 Å². The second-order valence-electron chi connectivity index (χ2n) is 5.40. The highest BCUT2D eigenvalue weighted by Crippen LogP contribution is 2.26. The molecule has 0 spiro atoms. The monoisotopic (exact) mass is 327 g/mol. The fourth-order valence-corrected chi connectivity index (χ4v) is 2.17. The second kappa shape index (κ2) is 8.72. The molecule has 0 radical (unpaired) electrons. The number of carbonyl (C=O) groups is 2. The van der Waals surface area contributed by atoms with Gasteiger partial charge < -0.3 is 14.5 Å². The molecule has 0 saturated heterocycles. The van der Waals surface area contributed by atoms with Crippen molar-refractivity contribution in [3.05, 3.63) is 60.1 Å². The standard InChI is InChI=1S/C19H21NO4/c1-3-14(2)16-8-4-5-9-17(16)20-18(21)13-24-19(22)11-10-15-7-6-12-23-15/h4-12,14H,3,13H2,1-2H3,(H,20,21)/b11-10+/t14-/m1/s1. The molecule has 5 nitrogen and oxygen atoms in total. The molecule has 1 aromatic carbocycles. The van der Waals surface area contributed by atoms with Gasteiger partial charge in [0.15, 0.2) is 6.61 Å². The van der Waals surface area contributed by atoms with Gasteiger partial charge in [0.1, 0.15) is 5.76 Å². The van der Waals surface area contributed by atoms with Crippen molar-refractivity contribution in [1.29, 1.82) is 0 Å². The van der Waals surface area contributed by atoms with Gasteiger partial charge in [0.05, 0.1) is 6.26 Å². The Morgan fingerprint density at radius 3 is 2.75 bits per heavy atom. The zero-order valence-electron chi connectivity index (χ0n) is 13.8. The quantitative estimate of drug-likeness (QED) is 0.617. The van der Waals surface area contributed by atoms with E-state index in [0.29, 0.717) is 11.7 Å². The van der Waals surface area contributed by atoms with Crippen LogP contribution in [0.25, 0.3) is 6.08 Å². The van der Waals surface area contributed by atoms with Crippen LogP contribution in [0.1, 0.15) is 37.5 Å². The minimum absolute atomic E-state index is 0.334. The molecule has 1 atom stereocenters. The van der Waals surface area contributed by atoms with Crippen LogP contribution in [0.15, 0.2) is 53.2 Å². The summed E-state index contributed by atoms with van der Waals surface area (Å²) in [6, 6.07) is 11.1. The molecular formula is C19H21NO4. The van der Waals surface area contributed by atoms with Crippen LogP contribution in [0.3, 0.4) is 0 Å². The summed E-state index contributed by atoms with van der Waals surface area (Å²) in [7, 11) is 0. The van der Waals surface area contributed by atoms with E-state index in [2.05, 4.69) is 19.2 Å². The molecule has 5 heteroatoms. The molecular weight excluding hydrogens is 306 g/mol. The van der Waals surface area contributed by atoms with E-state index in [1.807, 2.05) is 24.3 Å². The number of para-hydroxylation sites is 1. The fraction of sp³-hybridized carbons (Fsp3) is 0.263. The van der Waals surface area contributed by atoms with Crippen LogP contribution in [0.2, 0.25) is 0 Å². The Balaban J connectivity index is 1.86. The highest BCUT2D eigenvalue weighted by Gasteiger charge is 2.12. The lowest BCUT2D eigenvalue weighted by molar-refractivity contribution is -0.142. The summed E-state index contributed by atoms with van der Waals surface area (Å²) >= 11 is 0. The zero-order valence-corrected chi connectivity index (χ0v) is 13.8. The predicted molar refractivity (Wildman–Crippen MR) is 92.5 cm³/mol. The molecule has 0 fully saturated rings. The van der Waals surface area contributed by atoms with Gasteiger partial charge in [0.2, 0.25) is 0 Å². The van der Waals surface area contributed by atoms with Crippen molar-refractivity contribution in [2.75, 3.05) is 11.9 Å². The second-order valence-corrected chi connectivity index (χ2v) is 5.40. The van der Waals surface area contributed by atoms with Crippen LogP contribution >= 0.6 is 0 Å². The van der Waals surface area contributed by atoms with E-state index in [9.17, 15) is 9.59 Å². The van der Waals surface area contributed by atoms with Crippen LogP contribution in [-0.4, -0.2) is 18.5 Å². The Bertz CT molecular complexity index is 704. The molecule has 1 aromatic heterocycles. The Hall–Kier alpha value is -2.82. The summed E-state index contributed by atoms with van der Waals surface area (Å²) in [6.45, 7) is 3.86. The molecule has 24 heavy (non-hydrogen) atoms. The molecule has 0 unspecified atom stereocenters. The van der Waals surface area contributed by atoms with Crippen LogP contribution in [-0.2, 0) is 14.3 Å². The van der Waals surface area contributed by atoms with Gasteiger partial charge in [-0.1, -0.05) is 32.0 Å². The number of rotatable bonds is 7. The lowest BCUT2D eigenvalue weighted by Crippen LogP contribution is -2.21. The third-order valence-corrected chi connectivity index (χ3v) is 3.65. The highest BCUT2D eigenvalue weighted by atomic mass is 16.5. The van der Waals surface area contributed by atoms with Crippen LogP contribution in [0, 0.1) is 0 Å². The van der Waals surface area contributed by atoms with Gasteiger partial charge in [-0.25, -0.2) is 4.79 Å². The summed E-state index contributed by atoms with van der Waals surface area (Å²) in [5, 5.41) is 2.79. The molecule has 1 heterocycles. The maximum Gasteiger partial charge on any atom is 0.331 e. The van der Waals surface area contributed by atoms with Gasteiger partial charge in [-0.05, 0) is 42.2 Å². The van der Waals surface area contributed by atoms with Crippen LogP contribution in [0.5, 0.6) is 0 Å². The van der Waals surface area contributed by atoms with Gasteiger partial charge in [0.25, 0.3) is 5.91 Å². The molecule has 2 aromatic rings. The Kier molecular flexibility index (Phi) is 6.37. The summed E-state index contributed by atoms with van der Waals surface area (Å²) in [6.07, 6.45) is 5.18. The number of esters is 1. The van der Waals surface area contributed by atoms with Crippen LogP contribution < -0.4 is 5.32 Å². The number of ether oxygens (including phenoxy) is 1. The molecule has 0 aliphatic carbocycles. The first kappa shape index (κ1) is 17.5. The molecule has 0 aliphatic rings. The topological polar surface area (TPSA) is 68.5 Å². The van der Waals surface area contributed by atoms with Crippen molar-refractivity contribution in [3.63, 3.8) is 0 Å². The summed E-state index contributed by atoms with van der Waals surface area (Å²) < 4.78 is 9.98. The van der Waals surface area contributed by atoms with Gasteiger partial charge in [-0.2, -0.15) is 0 Å². The molecule has 1 N–H and O–H groups in total. The zero-order chi connectivity index (χ0) is 17.4. The van der Waals surface area contributed by atoms with E-state index in [1.165, 1.54) is 18.4 Å². The first-order valence-electron chi connectivity index (χ1n) is 7.87. The van der Waals surface area contributed by atoms with Crippen molar-refractivity contribution < 1.29 is 18.7 Å². The Morgan fingerprint density at radius 2 is 2.04 bits per heavy atom. The van der Waals surface area contributed by atoms with Crippen LogP contribution in [0.4, 0.5) is 5.69 Å². The average Bonchev–Trinajstić information content (AvgIpc) is 3.11. The third-order valence-electron chi connectivity index (χ3n) is 3.65. The fourth-order valence-electron chi connectivity index (χ4n) is 2.17. The molecule has 0 aliphatic heterocycles. The van der Waals surface area contributed by atoms with E-state index in [0.717, 1.165) is 17.7 Å². The van der Waals surface area contributed by atoms with Crippen molar-refractivity contribution in [2.45, 2.75) is 26.2 Å². The van der Waals surface area contributed by atoms with E-state index in [-0.39, 0.29) is 12.5 Å². The van der Waals surface area contributed by atoms with Crippen molar-refractivity contribution in [1.82, 2.24) is 0 Å². The number of anilines is 1. The molecule has 0 bridgehead atoms. The first-order chi connectivity index (χ1) is 11.6. The van der Waals surface area contributed by atoms with Gasteiger partial charge >= 0.3 is 5.97 Å². The number of amides is 1. The van der Waals surface area contributed by atoms with Crippen molar-refractivity contribution >= 4 is 23.6 Å². The Labute approximate surface area is 141 Å². The maximum atomic E-state index is 12.0. The minimum Gasteiger partial charge on any atom is -0.465 e. The summed E-state index contributed by atoms with van der Waals surface area (Å²) in [4.78, 5) is 23.6. The van der Waals surface area contributed by atoms with Gasteiger partial charge in [0, 0.05) is 11.8 Å². The van der Waals surface area contributed by atoms with Gasteiger partial charge in [-0.15, -0.1) is 0 Å². The molecule has 0 saturated carbocycles. The highest BCUT2D eigenvalue weighted by molar-refractivity contribution is 5.95. The lowest BCUT2D eigenvalue weighted by Gasteiger charge is -2.15. The lowest BCUT2D eigenvalue weighted by atomic mass is 9.97. The Morgan fingerprint density at radius 1 is 1.25 bits per heavy atom. The average molecular weight is 327 g/mol. The number of hydrogen-bond donors (Lipinski definition) is 1. The van der Waals surface area contributed by atoms with Crippen molar-refractivity contribution in [2.24, 2.45) is 0 Å². The van der Waals surface area contributed by atoms with Crippen molar-refractivity contribution in [3.8, 4) is 0 Å². The largest absolute Gasteiger partial charge is 0.465 e. The van der Waals surface area contributed by atoms with E-state index in [1.54, 1.807) is 12.1 Å². The normalized spacial score (nSPS) is 12.1. The molecule has 126 valence electrons. The number of benzene rings is 1. The number of hydrogen-bond acceptors (Lipinski definition) is 4. The number of carbonyl (C=O) groups excluding carboxylic acids is 2. The van der Waals surface area contributed by atoms with Gasteiger partial charge in [-0.3, -0.25) is 4.79 Å². The number of nitrogens with one attached hydrogen (secondary N) is 1. The smallest absolute Gasteiger partial charge is 0.331 e. The number of furan rings is 1. The third kappa shape index (κ3) is 5.12. The predicted octanol–water partition coefficient (Wildman–Crippen LogP) is 3.99. The first-order valence-corrected chi connectivity index (χ1v) is 7.87. The summed E-state index contributed by atoms with van der Waals surface area (Å²) in [5.41, 5.74) is 1.82. The maximum absolute atomic E-state index is 12.0. The molecule has 1 amide bonds. The minimum atomic E-state index is -0.600.